The second-order valence-corrected chi connectivity index (χ2v) is 12.3. The van der Waals surface area contributed by atoms with E-state index >= 15 is 0 Å². The fourth-order valence-electron chi connectivity index (χ4n) is 5.23. The number of fused-ring (bicyclic) bond motifs is 1. The van der Waals surface area contributed by atoms with Crippen LogP contribution in [0.1, 0.15) is 26.7 Å². The molecule has 0 fully saturated rings. The number of nitrogens with one attached hydrogen (secondary N) is 3. The van der Waals surface area contributed by atoms with Gasteiger partial charge >= 0.3 is 0 Å². The van der Waals surface area contributed by atoms with E-state index in [0.717, 1.165) is 21.9 Å². The van der Waals surface area contributed by atoms with Gasteiger partial charge in [-0.1, -0.05) is 97.1 Å². The quantitative estimate of drug-likeness (QED) is 0.0544. The lowest BCUT2D eigenvalue weighted by Gasteiger charge is -2.18. The predicted molar refractivity (Wildman–Crippen MR) is 198 cm³/mol. The van der Waals surface area contributed by atoms with Gasteiger partial charge in [-0.3, -0.25) is 24.5 Å². The minimum atomic E-state index is -0.690. The number of carbonyl (C=O) groups is 3. The van der Waals surface area contributed by atoms with Crippen LogP contribution in [0, 0.1) is 10.1 Å². The van der Waals surface area contributed by atoms with E-state index in [2.05, 4.69) is 16.0 Å². The largest absolute Gasteiger partial charge is 0.325 e. The Labute approximate surface area is 292 Å². The molecule has 9 nitrogen and oxygen atoms in total. The van der Waals surface area contributed by atoms with Gasteiger partial charge in [0.1, 0.15) is 10.9 Å². The van der Waals surface area contributed by atoms with Gasteiger partial charge in [0.05, 0.1) is 4.92 Å². The van der Waals surface area contributed by atoms with Crippen molar-refractivity contribution in [1.82, 2.24) is 5.32 Å². The van der Waals surface area contributed by atoms with Crippen LogP contribution in [0.3, 0.4) is 0 Å². The molecule has 6 rings (SSSR count). The molecule has 0 aliphatic carbocycles. The Morgan fingerprint density at radius 3 is 2.08 bits per heavy atom. The van der Waals surface area contributed by atoms with Crippen molar-refractivity contribution in [2.45, 2.75) is 10.1 Å². The average Bonchev–Trinajstić information content (AvgIpc) is 3.14. The van der Waals surface area contributed by atoms with Crippen LogP contribution < -0.4 is 16.0 Å². The van der Waals surface area contributed by atoms with Gasteiger partial charge in [-0.2, -0.15) is 0 Å². The second kappa shape index (κ2) is 15.6. The number of carbonyl (C=O) groups excluding carboxylic acids is 3. The summed E-state index contributed by atoms with van der Waals surface area (Å²) >= 11 is 1.28. The molecule has 1 unspecified atom stereocenters. The molecule has 3 N–H and O–H groups in total. The van der Waals surface area contributed by atoms with Gasteiger partial charge in [0.15, 0.2) is 0 Å². The number of benzene rings is 6. The highest BCUT2D eigenvalue weighted by Gasteiger charge is 2.23. The Balaban J connectivity index is 1.25. The number of anilines is 2. The fraction of sp³-hybridized carbons (Fsp3) is 0.0250. The third-order valence-electron chi connectivity index (χ3n) is 7.68. The van der Waals surface area contributed by atoms with E-state index in [4.69, 9.17) is 0 Å². The van der Waals surface area contributed by atoms with E-state index in [1.54, 1.807) is 48.5 Å². The number of nitrogens with zero attached hydrogens (tertiary/aromatic N) is 1. The molecule has 246 valence electrons. The number of rotatable bonds is 11. The van der Waals surface area contributed by atoms with E-state index in [-0.39, 0.29) is 17.3 Å². The van der Waals surface area contributed by atoms with Crippen LogP contribution in [0.25, 0.3) is 16.8 Å². The highest BCUT2D eigenvalue weighted by molar-refractivity contribution is 8.00. The highest BCUT2D eigenvalue weighted by atomic mass is 32.2. The zero-order valence-electron chi connectivity index (χ0n) is 26.5. The summed E-state index contributed by atoms with van der Waals surface area (Å²) < 4.78 is 0. The van der Waals surface area contributed by atoms with E-state index < -0.39 is 22.0 Å². The zero-order chi connectivity index (χ0) is 34.9. The van der Waals surface area contributed by atoms with Gasteiger partial charge in [0.25, 0.3) is 17.5 Å². The minimum absolute atomic E-state index is 0.0536. The predicted octanol–water partition coefficient (Wildman–Crippen LogP) is 8.63. The topological polar surface area (TPSA) is 130 Å². The Morgan fingerprint density at radius 2 is 1.34 bits per heavy atom. The van der Waals surface area contributed by atoms with Crippen molar-refractivity contribution in [3.05, 3.63) is 184 Å². The maximum atomic E-state index is 13.8. The molecule has 0 aliphatic rings. The first kappa shape index (κ1) is 33.4. The Morgan fingerprint density at radius 1 is 0.680 bits per heavy atom. The lowest BCUT2D eigenvalue weighted by molar-refractivity contribution is -0.384. The molecule has 0 saturated heterocycles. The number of hydrogen-bond acceptors (Lipinski definition) is 6. The van der Waals surface area contributed by atoms with Gasteiger partial charge in [0.2, 0.25) is 5.91 Å². The summed E-state index contributed by atoms with van der Waals surface area (Å²) in [6.07, 6.45) is 1.66. The van der Waals surface area contributed by atoms with Crippen molar-refractivity contribution in [3.8, 4) is 0 Å². The van der Waals surface area contributed by atoms with Gasteiger partial charge in [-0.25, -0.2) is 0 Å². The van der Waals surface area contributed by atoms with Gasteiger partial charge < -0.3 is 16.0 Å². The Kier molecular flexibility index (Phi) is 10.4. The first-order chi connectivity index (χ1) is 24.3. The summed E-state index contributed by atoms with van der Waals surface area (Å²) in [5, 5.41) is 20.9. The smallest absolute Gasteiger partial charge is 0.272 e. The molecule has 0 bridgehead atoms. The molecule has 0 aromatic heterocycles. The molecule has 6 aromatic rings. The summed E-state index contributed by atoms with van der Waals surface area (Å²) in [6.45, 7) is 0. The summed E-state index contributed by atoms with van der Waals surface area (Å²) in [4.78, 5) is 51.9. The highest BCUT2D eigenvalue weighted by Crippen LogP contribution is 2.37. The molecule has 6 aromatic carbocycles. The van der Waals surface area contributed by atoms with Crippen molar-refractivity contribution < 1.29 is 19.3 Å². The van der Waals surface area contributed by atoms with Crippen LogP contribution in [0.5, 0.6) is 0 Å². The average molecular weight is 679 g/mol. The lowest BCUT2D eigenvalue weighted by Crippen LogP contribution is -2.30. The Bertz CT molecular complexity index is 2200. The number of hydrogen-bond donors (Lipinski definition) is 3. The molecule has 0 radical (unpaired) electrons. The summed E-state index contributed by atoms with van der Waals surface area (Å²) in [6, 6.07) is 44.1. The fourth-order valence-corrected chi connectivity index (χ4v) is 6.31. The number of nitro groups is 1. The summed E-state index contributed by atoms with van der Waals surface area (Å²) in [5.74, 6) is -1.28. The molecular formula is C40H30N4O5S. The van der Waals surface area contributed by atoms with Gasteiger partial charge in [0, 0.05) is 34.0 Å². The van der Waals surface area contributed by atoms with Crippen molar-refractivity contribution >= 4 is 63.4 Å². The van der Waals surface area contributed by atoms with Crippen molar-refractivity contribution in [1.29, 1.82) is 0 Å². The lowest BCUT2D eigenvalue weighted by atomic mass is 10.0. The van der Waals surface area contributed by atoms with Gasteiger partial charge in [-0.15, -0.1) is 11.8 Å². The van der Waals surface area contributed by atoms with Crippen LogP contribution in [-0.4, -0.2) is 22.6 Å². The molecule has 10 heteroatoms. The second-order valence-electron chi connectivity index (χ2n) is 11.1. The Hall–Kier alpha value is -6.52. The van der Waals surface area contributed by atoms with E-state index in [9.17, 15) is 24.5 Å². The molecule has 50 heavy (non-hydrogen) atoms. The third kappa shape index (κ3) is 8.30. The third-order valence-corrected chi connectivity index (χ3v) is 8.93. The molecule has 0 saturated carbocycles. The van der Waals surface area contributed by atoms with Crippen LogP contribution in [-0.2, 0) is 9.59 Å². The maximum Gasteiger partial charge on any atom is 0.272 e. The summed E-state index contributed by atoms with van der Waals surface area (Å²) in [7, 11) is 0. The van der Waals surface area contributed by atoms with Crippen molar-refractivity contribution in [2.75, 3.05) is 10.6 Å². The van der Waals surface area contributed by atoms with Crippen LogP contribution >= 0.6 is 11.8 Å². The number of thioether (sulfide) groups is 1. The molecule has 3 amide bonds. The van der Waals surface area contributed by atoms with Gasteiger partial charge in [-0.05, 0) is 70.4 Å². The van der Waals surface area contributed by atoms with E-state index in [1.165, 1.54) is 36.0 Å². The minimum Gasteiger partial charge on any atom is -0.325 e. The molecule has 1 atom stereocenters. The van der Waals surface area contributed by atoms with Crippen LogP contribution in [0.15, 0.2) is 162 Å². The summed E-state index contributed by atoms with van der Waals surface area (Å²) in [5.41, 5.74) is 2.77. The van der Waals surface area contributed by atoms with Crippen LogP contribution in [0.2, 0.25) is 0 Å². The SMILES string of the molecule is O=C(Nc1cccc(SC(C(=O)Nc2ccc([N+](=O)[O-])cc2)c2ccccc2)c1)/C(=C\c1cccc2ccccc12)NC(=O)c1ccccc1. The zero-order valence-corrected chi connectivity index (χ0v) is 27.3. The molecule has 0 heterocycles. The first-order valence-corrected chi connectivity index (χ1v) is 16.5. The van der Waals surface area contributed by atoms with E-state index in [0.29, 0.717) is 21.8 Å². The number of nitro benzene ring substituents is 1. The molecular weight excluding hydrogens is 649 g/mol. The van der Waals surface area contributed by atoms with E-state index in [1.807, 2.05) is 84.9 Å². The number of non-ortho nitro benzene ring substituents is 1. The van der Waals surface area contributed by atoms with Crippen LogP contribution in [0.4, 0.5) is 17.1 Å². The standard InChI is InChI=1S/C40H30N4O5S/c45-38(29-14-5-2-6-15-29)43-36(25-30-17-9-16-27-11-7-8-20-35(27)30)39(46)42-32-18-10-19-34(26-32)50-37(28-12-3-1-4-13-28)40(47)41-31-21-23-33(24-22-31)44(48)49/h1-26,37H,(H,41,47)(H,42,46)(H,43,45)/b36-25+. The number of amides is 3. The normalized spacial score (nSPS) is 11.7. The molecule has 0 spiro atoms. The first-order valence-electron chi connectivity index (χ1n) is 15.6. The van der Waals surface area contributed by atoms with Crippen molar-refractivity contribution in [2.24, 2.45) is 0 Å². The maximum absolute atomic E-state index is 13.8. The van der Waals surface area contributed by atoms with Crippen molar-refractivity contribution in [3.63, 3.8) is 0 Å². The molecule has 0 aliphatic heterocycles. The monoisotopic (exact) mass is 678 g/mol.